The lowest BCUT2D eigenvalue weighted by molar-refractivity contribution is -0.384. The molecule has 2 heterocycles. The highest BCUT2D eigenvalue weighted by Gasteiger charge is 2.36. The highest BCUT2D eigenvalue weighted by atomic mass is 32.1. The second-order valence-corrected chi connectivity index (χ2v) is 7.66. The van der Waals surface area contributed by atoms with Crippen molar-refractivity contribution >= 4 is 44.2 Å². The smallest absolute Gasteiger partial charge is 0.270 e. The van der Waals surface area contributed by atoms with Crippen LogP contribution in [0.15, 0.2) is 42.5 Å². The number of benzene rings is 2. The van der Waals surface area contributed by atoms with Crippen LogP contribution in [-0.2, 0) is 9.59 Å². The number of nitrogens with one attached hydrogen (secondary N) is 1. The van der Waals surface area contributed by atoms with Crippen molar-refractivity contribution in [3.63, 3.8) is 0 Å². The molecule has 1 N–H and O–H groups in total. The second-order valence-electron chi connectivity index (χ2n) is 6.63. The van der Waals surface area contributed by atoms with Crippen molar-refractivity contribution in [3.8, 4) is 5.75 Å². The van der Waals surface area contributed by atoms with Gasteiger partial charge in [-0.2, -0.15) is 0 Å². The molecule has 4 rings (SSSR count). The molecule has 30 heavy (non-hydrogen) atoms. The zero-order chi connectivity index (χ0) is 21.3. The van der Waals surface area contributed by atoms with E-state index in [9.17, 15) is 24.1 Å². The van der Waals surface area contributed by atoms with E-state index in [0.717, 1.165) is 11.3 Å². The molecule has 0 saturated carbocycles. The molecule has 9 nitrogen and oxygen atoms in total. The fourth-order valence-corrected chi connectivity index (χ4v) is 3.83. The molecular weight excluding hydrogens is 415 g/mol. The van der Waals surface area contributed by atoms with E-state index in [1.165, 1.54) is 41.3 Å². The van der Waals surface area contributed by atoms with Crippen molar-refractivity contribution in [2.24, 2.45) is 5.92 Å². The summed E-state index contributed by atoms with van der Waals surface area (Å²) in [7, 11) is 0. The molecule has 154 valence electrons. The number of ether oxygens (including phenoxy) is 1. The van der Waals surface area contributed by atoms with Crippen molar-refractivity contribution in [2.45, 2.75) is 0 Å². The summed E-state index contributed by atoms with van der Waals surface area (Å²) in [6, 6.07) is 10.1. The molecule has 1 aliphatic rings. The van der Waals surface area contributed by atoms with Gasteiger partial charge in [-0.3, -0.25) is 19.7 Å². The summed E-state index contributed by atoms with van der Waals surface area (Å²) >= 11 is 1.14. The number of rotatable bonds is 6. The zero-order valence-corrected chi connectivity index (χ0v) is 16.2. The molecular formula is C19H15FN4O5S. The van der Waals surface area contributed by atoms with Crippen LogP contribution < -0.4 is 10.1 Å². The lowest BCUT2D eigenvalue weighted by Crippen LogP contribution is -2.55. The maximum atomic E-state index is 13.5. The first-order valence-corrected chi connectivity index (χ1v) is 9.73. The number of halogens is 1. The van der Waals surface area contributed by atoms with Crippen LogP contribution >= 0.6 is 11.3 Å². The highest BCUT2D eigenvalue weighted by Crippen LogP contribution is 2.30. The number of amides is 2. The number of nitro benzene ring substituents is 1. The number of fused-ring (bicyclic) bond motifs is 1. The summed E-state index contributed by atoms with van der Waals surface area (Å²) in [5.41, 5.74) is 0.506. The first-order valence-electron chi connectivity index (χ1n) is 8.91. The van der Waals surface area contributed by atoms with Crippen molar-refractivity contribution in [3.05, 3.63) is 58.4 Å². The molecule has 1 aliphatic heterocycles. The standard InChI is InChI=1S/C19H15FN4O5S/c20-13-3-1-2-4-15(13)29-10-17(25)23-8-11(9-23)18(26)22-19-21-14-6-5-12(24(27)28)7-16(14)30-19/h1-7,11H,8-10H2,(H,21,22,26). The van der Waals surface area contributed by atoms with Crippen molar-refractivity contribution < 1.29 is 23.6 Å². The van der Waals surface area contributed by atoms with Gasteiger partial charge in [0.1, 0.15) is 0 Å². The van der Waals surface area contributed by atoms with Crippen LogP contribution in [-0.4, -0.2) is 46.3 Å². The van der Waals surface area contributed by atoms with Gasteiger partial charge in [0, 0.05) is 25.2 Å². The van der Waals surface area contributed by atoms with Gasteiger partial charge < -0.3 is 15.0 Å². The average molecular weight is 430 g/mol. The Bertz CT molecular complexity index is 1140. The van der Waals surface area contributed by atoms with Gasteiger partial charge in [-0.25, -0.2) is 9.37 Å². The number of hydrogen-bond donors (Lipinski definition) is 1. The lowest BCUT2D eigenvalue weighted by atomic mass is 9.99. The number of non-ortho nitro benzene ring substituents is 1. The Kier molecular flexibility index (Phi) is 5.27. The Hall–Kier alpha value is -3.60. The zero-order valence-electron chi connectivity index (χ0n) is 15.4. The molecule has 11 heteroatoms. The van der Waals surface area contributed by atoms with Crippen molar-refractivity contribution in [1.82, 2.24) is 9.88 Å². The van der Waals surface area contributed by atoms with E-state index in [4.69, 9.17) is 4.74 Å². The van der Waals surface area contributed by atoms with Gasteiger partial charge in [-0.05, 0) is 18.2 Å². The summed E-state index contributed by atoms with van der Waals surface area (Å²) in [5.74, 6) is -1.58. The minimum absolute atomic E-state index is 0.00302. The van der Waals surface area contributed by atoms with Gasteiger partial charge in [0.15, 0.2) is 23.3 Å². The number of thiazole rings is 1. The van der Waals surface area contributed by atoms with Crippen LogP contribution in [0.2, 0.25) is 0 Å². The number of anilines is 1. The predicted octanol–water partition coefficient (Wildman–Crippen LogP) is 2.82. The number of carbonyl (C=O) groups is 2. The van der Waals surface area contributed by atoms with E-state index < -0.39 is 16.7 Å². The summed E-state index contributed by atoms with van der Waals surface area (Å²) in [5, 5.41) is 13.9. The van der Waals surface area contributed by atoms with E-state index in [1.54, 1.807) is 6.07 Å². The topological polar surface area (TPSA) is 115 Å². The summed E-state index contributed by atoms with van der Waals surface area (Å²) in [6.07, 6.45) is 0. The third kappa shape index (κ3) is 4.06. The first-order chi connectivity index (χ1) is 14.4. The minimum atomic E-state index is -0.549. The third-order valence-electron chi connectivity index (χ3n) is 4.61. The van der Waals surface area contributed by atoms with Crippen LogP contribution in [0.5, 0.6) is 5.75 Å². The average Bonchev–Trinajstić information content (AvgIpc) is 3.07. The number of hydrogen-bond acceptors (Lipinski definition) is 7. The lowest BCUT2D eigenvalue weighted by Gasteiger charge is -2.37. The van der Waals surface area contributed by atoms with Crippen molar-refractivity contribution in [1.29, 1.82) is 0 Å². The maximum absolute atomic E-state index is 13.5. The molecule has 2 amide bonds. The molecule has 1 fully saturated rings. The molecule has 1 aromatic heterocycles. The normalized spacial score (nSPS) is 13.7. The Labute approximate surface area is 173 Å². The molecule has 0 unspecified atom stereocenters. The number of para-hydroxylation sites is 1. The van der Waals surface area contributed by atoms with Gasteiger partial charge in [0.2, 0.25) is 5.91 Å². The molecule has 2 aromatic carbocycles. The van der Waals surface area contributed by atoms with Crippen molar-refractivity contribution in [2.75, 3.05) is 25.0 Å². The molecule has 3 aromatic rings. The quantitative estimate of drug-likeness (QED) is 0.475. The van der Waals surface area contributed by atoms with E-state index in [2.05, 4.69) is 10.3 Å². The Morgan fingerprint density at radius 1 is 1.30 bits per heavy atom. The fraction of sp³-hybridized carbons (Fsp3) is 0.211. The molecule has 0 bridgehead atoms. The van der Waals surface area contributed by atoms with E-state index in [-0.39, 0.29) is 42.9 Å². The number of carbonyl (C=O) groups excluding carboxylic acids is 2. The largest absolute Gasteiger partial charge is 0.481 e. The maximum Gasteiger partial charge on any atom is 0.270 e. The SMILES string of the molecule is O=C(Nc1nc2ccc([N+](=O)[O-])cc2s1)C1CN(C(=O)COc2ccccc2F)C1. The van der Waals surface area contributed by atoms with Gasteiger partial charge in [-0.15, -0.1) is 0 Å². The minimum Gasteiger partial charge on any atom is -0.481 e. The predicted molar refractivity (Wildman–Crippen MR) is 107 cm³/mol. The van der Waals surface area contributed by atoms with E-state index in [0.29, 0.717) is 15.3 Å². The Morgan fingerprint density at radius 2 is 2.07 bits per heavy atom. The summed E-state index contributed by atoms with van der Waals surface area (Å²) < 4.78 is 19.3. The summed E-state index contributed by atoms with van der Waals surface area (Å²) in [6.45, 7) is 0.134. The fourth-order valence-electron chi connectivity index (χ4n) is 2.93. The monoisotopic (exact) mass is 430 g/mol. The Balaban J connectivity index is 1.29. The van der Waals surface area contributed by atoms with Crippen LogP contribution in [0.1, 0.15) is 0 Å². The van der Waals surface area contributed by atoms with Gasteiger partial charge in [0.25, 0.3) is 11.6 Å². The van der Waals surface area contributed by atoms with E-state index >= 15 is 0 Å². The molecule has 0 radical (unpaired) electrons. The summed E-state index contributed by atoms with van der Waals surface area (Å²) in [4.78, 5) is 40.6. The number of aromatic nitrogens is 1. The molecule has 0 atom stereocenters. The van der Waals surface area contributed by atoms with Crippen LogP contribution in [0, 0.1) is 21.8 Å². The van der Waals surface area contributed by atoms with Gasteiger partial charge >= 0.3 is 0 Å². The first kappa shape index (κ1) is 19.7. The van der Waals surface area contributed by atoms with E-state index in [1.807, 2.05) is 0 Å². The molecule has 0 spiro atoms. The number of likely N-dealkylation sites (tertiary alicyclic amines) is 1. The second kappa shape index (κ2) is 8.03. The molecule has 1 saturated heterocycles. The molecule has 0 aliphatic carbocycles. The van der Waals surface area contributed by atoms with Crippen LogP contribution in [0.3, 0.4) is 0 Å². The number of nitro groups is 1. The number of nitrogens with zero attached hydrogens (tertiary/aromatic N) is 3. The van der Waals surface area contributed by atoms with Gasteiger partial charge in [0.05, 0.1) is 21.1 Å². The van der Waals surface area contributed by atoms with Crippen LogP contribution in [0.25, 0.3) is 10.2 Å². The Morgan fingerprint density at radius 3 is 2.80 bits per heavy atom. The third-order valence-corrected chi connectivity index (χ3v) is 5.54. The van der Waals surface area contributed by atoms with Gasteiger partial charge in [-0.1, -0.05) is 23.5 Å². The highest BCUT2D eigenvalue weighted by molar-refractivity contribution is 7.22. The van der Waals surface area contributed by atoms with Crippen LogP contribution in [0.4, 0.5) is 15.2 Å².